The van der Waals surface area contributed by atoms with E-state index in [-0.39, 0.29) is 17.8 Å². The van der Waals surface area contributed by atoms with Crippen molar-refractivity contribution in [3.63, 3.8) is 0 Å². The van der Waals surface area contributed by atoms with Gasteiger partial charge in [-0.05, 0) is 57.2 Å². The molecule has 3 atom stereocenters. The third-order valence-corrected chi connectivity index (χ3v) is 5.21. The number of rotatable bonds is 1. The Kier molecular flexibility index (Phi) is 4.73. The van der Waals surface area contributed by atoms with Gasteiger partial charge < -0.3 is 4.90 Å². The number of hydrogen-bond acceptors (Lipinski definition) is 2. The van der Waals surface area contributed by atoms with Gasteiger partial charge in [0, 0.05) is 6.04 Å². The molecule has 0 aromatic heterocycles. The van der Waals surface area contributed by atoms with Gasteiger partial charge in [0.2, 0.25) is 0 Å². The molecule has 1 saturated carbocycles. The Hall–Kier alpha value is -1.04. The van der Waals surface area contributed by atoms with E-state index in [2.05, 4.69) is 42.3 Å². The van der Waals surface area contributed by atoms with Gasteiger partial charge in [0.15, 0.2) is 0 Å². The van der Waals surface area contributed by atoms with E-state index in [4.69, 9.17) is 0 Å². The van der Waals surface area contributed by atoms with Crippen molar-refractivity contribution in [2.45, 2.75) is 43.6 Å². The zero-order valence-electron chi connectivity index (χ0n) is 12.1. The summed E-state index contributed by atoms with van der Waals surface area (Å²) in [5.41, 5.74) is 0.991. The van der Waals surface area contributed by atoms with Crippen LogP contribution in [0.25, 0.3) is 0 Å². The van der Waals surface area contributed by atoms with Crippen molar-refractivity contribution in [1.29, 1.82) is 5.26 Å². The predicted octanol–water partition coefficient (Wildman–Crippen LogP) is 3.76. The molecule has 0 N–H and O–H groups in total. The summed E-state index contributed by atoms with van der Waals surface area (Å²) in [5, 5.41) is 9.79. The van der Waals surface area contributed by atoms with Crippen molar-refractivity contribution in [2.24, 2.45) is 5.92 Å². The summed E-state index contributed by atoms with van der Waals surface area (Å²) in [6, 6.07) is 13.8. The molecule has 3 heteroatoms. The third-order valence-electron chi connectivity index (χ3n) is 5.21. The van der Waals surface area contributed by atoms with Crippen LogP contribution in [0.15, 0.2) is 30.3 Å². The predicted molar refractivity (Wildman–Crippen MR) is 84.0 cm³/mol. The van der Waals surface area contributed by atoms with Crippen LogP contribution < -0.4 is 0 Å². The van der Waals surface area contributed by atoms with E-state index in [0.29, 0.717) is 12.0 Å². The lowest BCUT2D eigenvalue weighted by Gasteiger charge is -2.47. The van der Waals surface area contributed by atoms with Crippen LogP contribution in [0, 0.1) is 17.2 Å². The zero-order chi connectivity index (χ0) is 13.3. The Labute approximate surface area is 128 Å². The summed E-state index contributed by atoms with van der Waals surface area (Å²) in [4.78, 5) is 2.51. The van der Waals surface area contributed by atoms with Gasteiger partial charge in [-0.1, -0.05) is 30.3 Å². The van der Waals surface area contributed by atoms with Crippen LogP contribution in [0.2, 0.25) is 0 Å². The maximum Gasteiger partial charge on any atom is 0.0826 e. The fourth-order valence-corrected chi connectivity index (χ4v) is 4.14. The number of nitrogens with zero attached hydrogens (tertiary/aromatic N) is 2. The van der Waals surface area contributed by atoms with E-state index in [9.17, 15) is 5.26 Å². The largest absolute Gasteiger partial charge is 0.303 e. The van der Waals surface area contributed by atoms with E-state index in [0.717, 1.165) is 12.8 Å². The van der Waals surface area contributed by atoms with Crippen molar-refractivity contribution >= 4 is 12.4 Å². The molecule has 0 amide bonds. The Morgan fingerprint density at radius 2 is 2.00 bits per heavy atom. The van der Waals surface area contributed by atoms with E-state index >= 15 is 0 Å². The second kappa shape index (κ2) is 6.16. The molecular weight excluding hydrogens is 268 g/mol. The van der Waals surface area contributed by atoms with Crippen LogP contribution in [0.4, 0.5) is 0 Å². The number of halogens is 1. The number of benzene rings is 1. The average Bonchev–Trinajstić information content (AvgIpc) is 2.48. The van der Waals surface area contributed by atoms with Crippen LogP contribution in [-0.2, 0) is 5.41 Å². The maximum absolute atomic E-state index is 9.79. The Morgan fingerprint density at radius 1 is 1.25 bits per heavy atom. The monoisotopic (exact) mass is 290 g/mol. The summed E-state index contributed by atoms with van der Waals surface area (Å²) < 4.78 is 0. The lowest BCUT2D eigenvalue weighted by molar-refractivity contribution is 0.0623. The molecule has 1 aliphatic heterocycles. The molecule has 1 heterocycles. The highest BCUT2D eigenvalue weighted by Crippen LogP contribution is 2.45. The standard InChI is InChI=1S/C17H22N2.ClH/c1-19-11-5-6-14-12-17(13-18,10-9-16(14)19)15-7-3-2-4-8-15;/h2-4,7-8,14,16H,5-6,9-12H2,1H3;1H/t14-,16-,17?;/m1./s1. The Balaban J connectivity index is 0.00000147. The number of fused-ring (bicyclic) bond motifs is 1. The van der Waals surface area contributed by atoms with Crippen molar-refractivity contribution in [3.8, 4) is 6.07 Å². The summed E-state index contributed by atoms with van der Waals surface area (Å²) >= 11 is 0. The van der Waals surface area contributed by atoms with Gasteiger partial charge in [-0.25, -0.2) is 0 Å². The van der Waals surface area contributed by atoms with Gasteiger partial charge >= 0.3 is 0 Å². The molecule has 2 fully saturated rings. The van der Waals surface area contributed by atoms with Crippen molar-refractivity contribution in [2.75, 3.05) is 13.6 Å². The van der Waals surface area contributed by atoms with Gasteiger partial charge in [0.25, 0.3) is 0 Å². The quantitative estimate of drug-likeness (QED) is 0.787. The lowest BCUT2D eigenvalue weighted by Crippen LogP contribution is -2.49. The fourth-order valence-electron chi connectivity index (χ4n) is 4.14. The molecule has 2 aliphatic rings. The molecule has 1 saturated heterocycles. The molecule has 0 bridgehead atoms. The molecule has 0 spiro atoms. The first-order valence-corrected chi connectivity index (χ1v) is 7.42. The molecule has 20 heavy (non-hydrogen) atoms. The average molecular weight is 291 g/mol. The molecule has 2 nitrogen and oxygen atoms in total. The first kappa shape index (κ1) is 15.4. The van der Waals surface area contributed by atoms with E-state index in [1.54, 1.807) is 0 Å². The minimum absolute atomic E-state index is 0. The van der Waals surface area contributed by atoms with Gasteiger partial charge in [0.1, 0.15) is 0 Å². The molecule has 108 valence electrons. The lowest BCUT2D eigenvalue weighted by atomic mass is 9.63. The third kappa shape index (κ3) is 2.57. The number of likely N-dealkylation sites (tertiary alicyclic amines) is 1. The van der Waals surface area contributed by atoms with Crippen LogP contribution in [0.3, 0.4) is 0 Å². The molecule has 1 aromatic rings. The molecular formula is C17H23ClN2. The van der Waals surface area contributed by atoms with Gasteiger partial charge in [-0.3, -0.25) is 0 Å². The summed E-state index contributed by atoms with van der Waals surface area (Å²) in [7, 11) is 2.25. The van der Waals surface area contributed by atoms with Crippen LogP contribution in [0.1, 0.15) is 37.7 Å². The topological polar surface area (TPSA) is 27.0 Å². The van der Waals surface area contributed by atoms with Crippen LogP contribution >= 0.6 is 12.4 Å². The second-order valence-corrected chi connectivity index (χ2v) is 6.25. The van der Waals surface area contributed by atoms with Crippen molar-refractivity contribution in [1.82, 2.24) is 4.90 Å². The number of nitriles is 1. The first-order chi connectivity index (χ1) is 9.25. The van der Waals surface area contributed by atoms with Crippen molar-refractivity contribution < 1.29 is 0 Å². The molecule has 0 radical (unpaired) electrons. The first-order valence-electron chi connectivity index (χ1n) is 7.42. The molecule has 3 rings (SSSR count). The number of piperidine rings is 1. The Morgan fingerprint density at radius 3 is 2.70 bits per heavy atom. The summed E-state index contributed by atoms with van der Waals surface area (Å²) in [6.07, 6.45) is 5.81. The zero-order valence-corrected chi connectivity index (χ0v) is 12.9. The highest BCUT2D eigenvalue weighted by atomic mass is 35.5. The molecule has 1 aliphatic carbocycles. The Bertz CT molecular complexity index is 482. The maximum atomic E-state index is 9.79. The minimum Gasteiger partial charge on any atom is -0.303 e. The summed E-state index contributed by atoms with van der Waals surface area (Å²) in [5.74, 6) is 0.701. The van der Waals surface area contributed by atoms with Crippen LogP contribution in [-0.4, -0.2) is 24.5 Å². The van der Waals surface area contributed by atoms with Gasteiger partial charge in [-0.2, -0.15) is 5.26 Å². The summed E-state index contributed by atoms with van der Waals surface area (Å²) in [6.45, 7) is 1.23. The minimum atomic E-state index is -0.236. The highest BCUT2D eigenvalue weighted by molar-refractivity contribution is 5.85. The number of hydrogen-bond donors (Lipinski definition) is 0. The van der Waals surface area contributed by atoms with Gasteiger partial charge in [-0.15, -0.1) is 12.4 Å². The highest BCUT2D eigenvalue weighted by Gasteiger charge is 2.44. The van der Waals surface area contributed by atoms with E-state index in [1.807, 2.05) is 6.07 Å². The second-order valence-electron chi connectivity index (χ2n) is 6.25. The molecule has 1 aromatic carbocycles. The van der Waals surface area contributed by atoms with E-state index < -0.39 is 0 Å². The fraction of sp³-hybridized carbons (Fsp3) is 0.588. The SMILES string of the molecule is CN1CCC[C@@H]2CC(C#N)(c3ccccc3)CC[C@H]21.Cl. The van der Waals surface area contributed by atoms with Gasteiger partial charge in [0.05, 0.1) is 11.5 Å². The van der Waals surface area contributed by atoms with Crippen molar-refractivity contribution in [3.05, 3.63) is 35.9 Å². The molecule has 1 unspecified atom stereocenters. The normalized spacial score (nSPS) is 33.6. The van der Waals surface area contributed by atoms with E-state index in [1.165, 1.54) is 31.4 Å². The smallest absolute Gasteiger partial charge is 0.0826 e. The van der Waals surface area contributed by atoms with Crippen LogP contribution in [0.5, 0.6) is 0 Å².